The first-order valence-electron chi connectivity index (χ1n) is 11.3. The molecule has 0 radical (unpaired) electrons. The van der Waals surface area contributed by atoms with Crippen molar-refractivity contribution in [3.05, 3.63) is 35.0 Å². The van der Waals surface area contributed by atoms with Crippen LogP contribution in [0.25, 0.3) is 0 Å². The molecule has 36 heavy (non-hydrogen) atoms. The molecule has 2 heterocycles. The summed E-state index contributed by atoms with van der Waals surface area (Å²) in [5.41, 5.74) is -0.487. The van der Waals surface area contributed by atoms with Crippen LogP contribution in [0, 0.1) is 29.4 Å². The first kappa shape index (κ1) is 31.1. The average molecular weight is 529 g/mol. The highest BCUT2D eigenvalue weighted by Gasteiger charge is 2.28. The van der Waals surface area contributed by atoms with Crippen molar-refractivity contribution in [2.75, 3.05) is 10.6 Å². The normalized spacial score (nSPS) is 13.2. The summed E-state index contributed by atoms with van der Waals surface area (Å²) in [7, 11) is 0. The van der Waals surface area contributed by atoms with Crippen molar-refractivity contribution in [2.24, 2.45) is 10.8 Å². The molecule has 2 aromatic heterocycles. The van der Waals surface area contributed by atoms with E-state index in [1.807, 2.05) is 41.5 Å². The van der Waals surface area contributed by atoms with Crippen LogP contribution >= 0.6 is 11.6 Å². The number of aryl methyl sites for hydroxylation is 1. The fraction of sp³-hybridized carbons (Fsp3) is 0.583. The molecule has 12 heteroatoms. The Morgan fingerprint density at radius 1 is 0.944 bits per heavy atom. The Balaban J connectivity index is 0.000000360. The number of Topliss-reactive ketones (excluding diaryl/α,β-unsaturated/α-hetero) is 1. The number of carboxylic acid groups (broad SMARTS) is 1. The minimum absolute atomic E-state index is 0.0451. The highest BCUT2D eigenvalue weighted by Crippen LogP contribution is 2.26. The van der Waals surface area contributed by atoms with E-state index in [-0.39, 0.29) is 46.0 Å². The number of hydrogen-bond donors (Lipinski definition) is 3. The van der Waals surface area contributed by atoms with Crippen LogP contribution in [0.3, 0.4) is 0 Å². The number of nitrogens with one attached hydrogen (secondary N) is 2. The topological polar surface area (TPSA) is 130 Å². The predicted octanol–water partition coefficient (Wildman–Crippen LogP) is 5.30. The van der Waals surface area contributed by atoms with Crippen LogP contribution < -0.4 is 10.6 Å². The molecule has 200 valence electrons. The van der Waals surface area contributed by atoms with E-state index in [9.17, 15) is 18.4 Å². The lowest BCUT2D eigenvalue weighted by atomic mass is 9.84. The van der Waals surface area contributed by atoms with E-state index in [1.54, 1.807) is 6.92 Å². The van der Waals surface area contributed by atoms with Gasteiger partial charge in [0.05, 0.1) is 18.8 Å². The third-order valence-electron chi connectivity index (χ3n) is 5.14. The van der Waals surface area contributed by atoms with Crippen LogP contribution in [-0.4, -0.2) is 48.9 Å². The molecule has 0 aliphatic rings. The standard InChI is InChI=1S/C12H17ClFN3O.C12H18FN3O2/c1-7(18)5-9(12(2,3)4)16-11-15-6-8(14)10(13)17-11;1-7-14-6-8(13)11(15-7)16-9(5-10(17)18)12(2,3)4/h6,9H,5H2,1-4H3,(H,15,16,17);6,9H,5H2,1-4H3,(H,17,18)(H,14,15,16)/t2*9-/m11/s1. The van der Waals surface area contributed by atoms with E-state index in [4.69, 9.17) is 16.7 Å². The summed E-state index contributed by atoms with van der Waals surface area (Å²) in [6, 6.07) is -0.560. The number of halogens is 3. The third-order valence-corrected chi connectivity index (χ3v) is 5.41. The van der Waals surface area contributed by atoms with E-state index in [1.165, 1.54) is 6.92 Å². The monoisotopic (exact) mass is 528 g/mol. The second-order valence-corrected chi connectivity index (χ2v) is 10.9. The molecule has 0 saturated heterocycles. The Morgan fingerprint density at radius 2 is 1.47 bits per heavy atom. The molecule has 0 spiro atoms. The maximum absolute atomic E-state index is 13.5. The van der Waals surface area contributed by atoms with Gasteiger partial charge in [0.25, 0.3) is 0 Å². The van der Waals surface area contributed by atoms with E-state index >= 15 is 0 Å². The Bertz CT molecular complexity index is 1060. The lowest BCUT2D eigenvalue weighted by Gasteiger charge is -2.30. The van der Waals surface area contributed by atoms with Crippen molar-refractivity contribution in [3.63, 3.8) is 0 Å². The first-order chi connectivity index (χ1) is 16.4. The number of aliphatic carboxylic acids is 1. The molecular weight excluding hydrogens is 494 g/mol. The number of rotatable bonds is 8. The molecular formula is C24H35ClF2N6O3. The molecule has 0 bridgehead atoms. The molecule has 2 aromatic rings. The van der Waals surface area contributed by atoms with Crippen LogP contribution in [0.5, 0.6) is 0 Å². The van der Waals surface area contributed by atoms with Crippen molar-refractivity contribution < 1.29 is 23.5 Å². The number of anilines is 2. The molecule has 3 N–H and O–H groups in total. The van der Waals surface area contributed by atoms with E-state index < -0.39 is 23.6 Å². The Morgan fingerprint density at radius 3 is 1.94 bits per heavy atom. The number of hydrogen-bond acceptors (Lipinski definition) is 8. The van der Waals surface area contributed by atoms with Gasteiger partial charge >= 0.3 is 5.97 Å². The van der Waals surface area contributed by atoms with E-state index in [2.05, 4.69) is 30.6 Å². The minimum atomic E-state index is -0.936. The van der Waals surface area contributed by atoms with Gasteiger partial charge in [-0.1, -0.05) is 53.1 Å². The fourth-order valence-electron chi connectivity index (χ4n) is 2.90. The van der Waals surface area contributed by atoms with Crippen LogP contribution in [0.2, 0.25) is 5.15 Å². The van der Waals surface area contributed by atoms with Crippen molar-refractivity contribution >= 4 is 35.1 Å². The maximum Gasteiger partial charge on any atom is 0.305 e. The number of carbonyl (C=O) groups excluding carboxylic acids is 1. The maximum atomic E-state index is 13.5. The van der Waals surface area contributed by atoms with Gasteiger partial charge in [-0.05, 0) is 24.7 Å². The summed E-state index contributed by atoms with van der Waals surface area (Å²) in [6.07, 6.45) is 2.32. The van der Waals surface area contributed by atoms with Gasteiger partial charge in [-0.2, -0.15) is 4.98 Å². The Hall–Kier alpha value is -2.95. The molecule has 0 aliphatic carbocycles. The number of carbonyl (C=O) groups is 2. The quantitative estimate of drug-likeness (QED) is 0.390. The van der Waals surface area contributed by atoms with Crippen LogP contribution in [0.1, 0.15) is 67.1 Å². The average Bonchev–Trinajstić information content (AvgIpc) is 2.71. The van der Waals surface area contributed by atoms with Gasteiger partial charge in [0.1, 0.15) is 11.6 Å². The number of nitrogens with zero attached hydrogens (tertiary/aromatic N) is 4. The highest BCUT2D eigenvalue weighted by molar-refractivity contribution is 6.29. The number of ketones is 1. The van der Waals surface area contributed by atoms with Crippen LogP contribution in [-0.2, 0) is 9.59 Å². The molecule has 2 rings (SSSR count). The summed E-state index contributed by atoms with van der Waals surface area (Å²) in [5, 5.41) is 14.5. The molecule has 0 fully saturated rings. The van der Waals surface area contributed by atoms with Crippen molar-refractivity contribution in [3.8, 4) is 0 Å². The Kier molecular flexibility index (Phi) is 11.1. The van der Waals surface area contributed by atoms with Gasteiger partial charge in [0.2, 0.25) is 5.95 Å². The van der Waals surface area contributed by atoms with E-state index in [0.717, 1.165) is 12.4 Å². The fourth-order valence-corrected chi connectivity index (χ4v) is 3.03. The van der Waals surface area contributed by atoms with Gasteiger partial charge in [-0.15, -0.1) is 0 Å². The molecule has 0 amide bonds. The molecule has 0 saturated carbocycles. The third kappa shape index (κ3) is 10.8. The Labute approximate surface area is 215 Å². The second kappa shape index (κ2) is 12.8. The lowest BCUT2D eigenvalue weighted by molar-refractivity contribution is -0.137. The largest absolute Gasteiger partial charge is 0.481 e. The van der Waals surface area contributed by atoms with Gasteiger partial charge in [0, 0.05) is 18.5 Å². The van der Waals surface area contributed by atoms with Crippen molar-refractivity contribution in [1.29, 1.82) is 0 Å². The second-order valence-electron chi connectivity index (χ2n) is 10.6. The van der Waals surface area contributed by atoms with Gasteiger partial charge in [0.15, 0.2) is 22.6 Å². The molecule has 0 aromatic carbocycles. The number of aromatic nitrogens is 4. The zero-order chi connectivity index (χ0) is 27.8. The highest BCUT2D eigenvalue weighted by atomic mass is 35.5. The van der Waals surface area contributed by atoms with Crippen LogP contribution in [0.4, 0.5) is 20.5 Å². The summed E-state index contributed by atoms with van der Waals surface area (Å²) in [5.74, 6) is -1.42. The van der Waals surface area contributed by atoms with E-state index in [0.29, 0.717) is 12.2 Å². The van der Waals surface area contributed by atoms with Crippen LogP contribution in [0.15, 0.2) is 12.4 Å². The zero-order valence-electron chi connectivity index (χ0n) is 21.9. The first-order valence-corrected chi connectivity index (χ1v) is 11.7. The van der Waals surface area contributed by atoms with Gasteiger partial charge in [-0.3, -0.25) is 9.59 Å². The SMILES string of the molecule is CC(=O)C[C@@H](Nc1ncc(F)c(Cl)n1)C(C)(C)C.Cc1ncc(F)c(N[C@H](CC(=O)O)C(C)(C)C)n1. The predicted molar refractivity (Wildman–Crippen MR) is 135 cm³/mol. The van der Waals surface area contributed by atoms with Crippen molar-refractivity contribution in [2.45, 2.75) is 80.3 Å². The molecule has 0 aliphatic heterocycles. The molecule has 0 unspecified atom stereocenters. The van der Waals surface area contributed by atoms with Gasteiger partial charge < -0.3 is 15.7 Å². The molecule has 2 atom stereocenters. The lowest BCUT2D eigenvalue weighted by Crippen LogP contribution is -2.36. The summed E-state index contributed by atoms with van der Waals surface area (Å²) >= 11 is 5.58. The smallest absolute Gasteiger partial charge is 0.305 e. The van der Waals surface area contributed by atoms with Gasteiger partial charge in [-0.25, -0.2) is 23.7 Å². The minimum Gasteiger partial charge on any atom is -0.481 e. The number of carboxylic acids is 1. The summed E-state index contributed by atoms with van der Waals surface area (Å²) in [6.45, 7) is 14.8. The zero-order valence-corrected chi connectivity index (χ0v) is 22.7. The molecule has 9 nitrogen and oxygen atoms in total. The summed E-state index contributed by atoms with van der Waals surface area (Å²) < 4.78 is 26.5. The van der Waals surface area contributed by atoms with Crippen molar-refractivity contribution in [1.82, 2.24) is 19.9 Å². The summed E-state index contributed by atoms with van der Waals surface area (Å²) in [4.78, 5) is 37.3.